The van der Waals surface area contributed by atoms with Crippen LogP contribution < -0.4 is 5.32 Å². The highest BCUT2D eigenvalue weighted by molar-refractivity contribution is 5.62. The molecule has 0 unspecified atom stereocenters. The van der Waals surface area contributed by atoms with Crippen molar-refractivity contribution in [3.05, 3.63) is 30.2 Å². The summed E-state index contributed by atoms with van der Waals surface area (Å²) in [5.41, 5.74) is 3.31. The summed E-state index contributed by atoms with van der Waals surface area (Å²) >= 11 is 0. The number of hydrogen-bond acceptors (Lipinski definition) is 4. The van der Waals surface area contributed by atoms with Crippen LogP contribution in [0.15, 0.2) is 29.0 Å². The molecule has 0 atom stereocenters. The first-order valence-electron chi connectivity index (χ1n) is 6.28. The van der Waals surface area contributed by atoms with Crippen LogP contribution >= 0.6 is 0 Å². The highest BCUT2D eigenvalue weighted by atomic mass is 16.4. The molecule has 2 rings (SSSR count). The normalized spacial score (nSPS) is 10.9. The molecule has 96 valence electrons. The Balaban J connectivity index is 2.06. The Morgan fingerprint density at radius 1 is 1.33 bits per heavy atom. The smallest absolute Gasteiger partial charge is 0.247 e. The molecule has 0 saturated carbocycles. The van der Waals surface area contributed by atoms with Crippen LogP contribution in [0, 0.1) is 12.8 Å². The molecule has 2 aromatic rings. The van der Waals surface area contributed by atoms with E-state index in [2.05, 4.69) is 48.4 Å². The lowest BCUT2D eigenvalue weighted by molar-refractivity contribution is 0.568. The fourth-order valence-corrected chi connectivity index (χ4v) is 1.79. The molecule has 1 N–H and O–H groups in total. The molecule has 0 aliphatic heterocycles. The van der Waals surface area contributed by atoms with Gasteiger partial charge in [0.25, 0.3) is 0 Å². The van der Waals surface area contributed by atoms with Gasteiger partial charge >= 0.3 is 0 Å². The van der Waals surface area contributed by atoms with Crippen molar-refractivity contribution in [2.45, 2.75) is 27.2 Å². The van der Waals surface area contributed by atoms with Crippen LogP contribution in [0.3, 0.4) is 0 Å². The van der Waals surface area contributed by atoms with E-state index in [0.29, 0.717) is 5.89 Å². The number of anilines is 1. The SMILES string of the molecule is Cc1cc(-c2nnco2)ccc1NCCC(C)C. The number of hydrogen-bond donors (Lipinski definition) is 1. The van der Waals surface area contributed by atoms with Crippen LogP contribution in [0.4, 0.5) is 5.69 Å². The molecule has 4 nitrogen and oxygen atoms in total. The van der Waals surface area contributed by atoms with Gasteiger partial charge in [-0.3, -0.25) is 0 Å². The molecule has 0 spiro atoms. The minimum atomic E-state index is 0.562. The summed E-state index contributed by atoms with van der Waals surface area (Å²) in [5, 5.41) is 11.0. The van der Waals surface area contributed by atoms with Crippen LogP contribution in [0.25, 0.3) is 11.5 Å². The van der Waals surface area contributed by atoms with Crippen LogP contribution in [-0.2, 0) is 0 Å². The molecule has 1 aromatic heterocycles. The van der Waals surface area contributed by atoms with E-state index in [4.69, 9.17) is 4.42 Å². The second kappa shape index (κ2) is 5.67. The molecule has 18 heavy (non-hydrogen) atoms. The number of nitrogens with zero attached hydrogens (tertiary/aromatic N) is 2. The summed E-state index contributed by atoms with van der Waals surface area (Å²) in [4.78, 5) is 0. The molecular formula is C14H19N3O. The number of benzene rings is 1. The predicted molar refractivity (Wildman–Crippen MR) is 72.4 cm³/mol. The molecular weight excluding hydrogens is 226 g/mol. The first-order valence-corrected chi connectivity index (χ1v) is 6.28. The van der Waals surface area contributed by atoms with Gasteiger partial charge in [-0.25, -0.2) is 0 Å². The fourth-order valence-electron chi connectivity index (χ4n) is 1.79. The van der Waals surface area contributed by atoms with Gasteiger partial charge in [0.05, 0.1) is 0 Å². The molecule has 1 heterocycles. The lowest BCUT2D eigenvalue weighted by atomic mass is 10.1. The molecule has 0 bridgehead atoms. The van der Waals surface area contributed by atoms with Gasteiger partial charge < -0.3 is 9.73 Å². The Morgan fingerprint density at radius 2 is 2.17 bits per heavy atom. The summed E-state index contributed by atoms with van der Waals surface area (Å²) in [5.74, 6) is 1.28. The number of nitrogens with one attached hydrogen (secondary N) is 1. The van der Waals surface area contributed by atoms with Crippen molar-refractivity contribution in [3.63, 3.8) is 0 Å². The topological polar surface area (TPSA) is 51.0 Å². The van der Waals surface area contributed by atoms with Gasteiger partial charge in [0.2, 0.25) is 12.3 Å². The lowest BCUT2D eigenvalue weighted by Crippen LogP contribution is -2.05. The third-order valence-corrected chi connectivity index (χ3v) is 2.87. The maximum Gasteiger partial charge on any atom is 0.247 e. The summed E-state index contributed by atoms with van der Waals surface area (Å²) in [6.07, 6.45) is 2.52. The summed E-state index contributed by atoms with van der Waals surface area (Å²) in [7, 11) is 0. The average Bonchev–Trinajstić information content (AvgIpc) is 2.84. The molecule has 0 amide bonds. The van der Waals surface area contributed by atoms with Gasteiger partial charge in [-0.2, -0.15) is 0 Å². The van der Waals surface area contributed by atoms with Crippen molar-refractivity contribution in [2.24, 2.45) is 5.92 Å². The molecule has 0 radical (unpaired) electrons. The Kier molecular flexibility index (Phi) is 3.97. The molecule has 4 heteroatoms. The predicted octanol–water partition coefficient (Wildman–Crippen LogP) is 3.50. The minimum Gasteiger partial charge on any atom is -0.423 e. The fraction of sp³-hybridized carbons (Fsp3) is 0.429. The lowest BCUT2D eigenvalue weighted by Gasteiger charge is -2.11. The van der Waals surface area contributed by atoms with Gasteiger partial charge in [-0.05, 0) is 43.0 Å². The minimum absolute atomic E-state index is 0.562. The van der Waals surface area contributed by atoms with Crippen LogP contribution in [-0.4, -0.2) is 16.7 Å². The van der Waals surface area contributed by atoms with Crippen molar-refractivity contribution in [2.75, 3.05) is 11.9 Å². The zero-order chi connectivity index (χ0) is 13.0. The van der Waals surface area contributed by atoms with E-state index in [1.807, 2.05) is 6.07 Å². The third-order valence-electron chi connectivity index (χ3n) is 2.87. The van der Waals surface area contributed by atoms with Crippen molar-refractivity contribution < 1.29 is 4.42 Å². The van der Waals surface area contributed by atoms with E-state index in [-0.39, 0.29) is 0 Å². The molecule has 0 aliphatic carbocycles. The van der Waals surface area contributed by atoms with E-state index in [9.17, 15) is 0 Å². The second-order valence-electron chi connectivity index (χ2n) is 4.88. The number of aryl methyl sites for hydroxylation is 1. The molecule has 0 fully saturated rings. The quantitative estimate of drug-likeness (QED) is 0.875. The third kappa shape index (κ3) is 3.09. The number of rotatable bonds is 5. The van der Waals surface area contributed by atoms with Crippen molar-refractivity contribution in [1.82, 2.24) is 10.2 Å². The van der Waals surface area contributed by atoms with Gasteiger partial charge in [0.15, 0.2) is 0 Å². The van der Waals surface area contributed by atoms with E-state index >= 15 is 0 Å². The maximum atomic E-state index is 5.18. The largest absolute Gasteiger partial charge is 0.423 e. The zero-order valence-electron chi connectivity index (χ0n) is 11.1. The number of aromatic nitrogens is 2. The van der Waals surface area contributed by atoms with E-state index in [0.717, 1.165) is 18.0 Å². The highest BCUT2D eigenvalue weighted by Crippen LogP contribution is 2.23. The van der Waals surface area contributed by atoms with Crippen LogP contribution in [0.2, 0.25) is 0 Å². The highest BCUT2D eigenvalue weighted by Gasteiger charge is 2.06. The molecule has 0 aliphatic rings. The van der Waals surface area contributed by atoms with Crippen LogP contribution in [0.1, 0.15) is 25.8 Å². The first kappa shape index (κ1) is 12.6. The van der Waals surface area contributed by atoms with Gasteiger partial charge in [-0.15, -0.1) is 10.2 Å². The second-order valence-corrected chi connectivity index (χ2v) is 4.88. The Labute approximate surface area is 107 Å². The van der Waals surface area contributed by atoms with E-state index in [1.165, 1.54) is 24.1 Å². The summed E-state index contributed by atoms with van der Waals surface area (Å²) in [6, 6.07) is 6.12. The van der Waals surface area contributed by atoms with Gasteiger partial charge in [0, 0.05) is 17.8 Å². The van der Waals surface area contributed by atoms with Crippen molar-refractivity contribution in [3.8, 4) is 11.5 Å². The average molecular weight is 245 g/mol. The van der Waals surface area contributed by atoms with E-state index in [1.54, 1.807) is 0 Å². The molecule has 1 aromatic carbocycles. The Morgan fingerprint density at radius 3 is 2.78 bits per heavy atom. The monoisotopic (exact) mass is 245 g/mol. The summed E-state index contributed by atoms with van der Waals surface area (Å²) < 4.78 is 5.18. The van der Waals surface area contributed by atoms with Gasteiger partial charge in [0.1, 0.15) is 0 Å². The standard InChI is InChI=1S/C14H19N3O/c1-10(2)6-7-15-13-5-4-12(8-11(13)3)14-17-16-9-18-14/h4-5,8-10,15H,6-7H2,1-3H3. The maximum absolute atomic E-state index is 5.18. The van der Waals surface area contributed by atoms with E-state index < -0.39 is 0 Å². The van der Waals surface area contributed by atoms with Crippen molar-refractivity contribution >= 4 is 5.69 Å². The Hall–Kier alpha value is -1.84. The van der Waals surface area contributed by atoms with Gasteiger partial charge in [-0.1, -0.05) is 13.8 Å². The summed E-state index contributed by atoms with van der Waals surface area (Å²) in [6.45, 7) is 7.54. The van der Waals surface area contributed by atoms with Crippen LogP contribution in [0.5, 0.6) is 0 Å². The van der Waals surface area contributed by atoms with Crippen molar-refractivity contribution in [1.29, 1.82) is 0 Å². The zero-order valence-corrected chi connectivity index (χ0v) is 11.1. The molecule has 0 saturated heterocycles. The Bertz CT molecular complexity index is 492. The first-order chi connectivity index (χ1) is 8.66.